The van der Waals surface area contributed by atoms with Gasteiger partial charge in [0.2, 0.25) is 0 Å². The van der Waals surface area contributed by atoms with Gasteiger partial charge in [-0.05, 0) is 43.2 Å². The van der Waals surface area contributed by atoms with Crippen molar-refractivity contribution in [3.8, 4) is 11.5 Å². The smallest absolute Gasteiger partial charge is 0.255 e. The van der Waals surface area contributed by atoms with E-state index in [1.807, 2.05) is 0 Å². The predicted octanol–water partition coefficient (Wildman–Crippen LogP) is 3.06. The molecule has 9 heteroatoms. The van der Waals surface area contributed by atoms with Gasteiger partial charge >= 0.3 is 0 Å². The molecule has 0 aliphatic carbocycles. The third-order valence-corrected chi connectivity index (χ3v) is 5.65. The first-order chi connectivity index (χ1) is 14.9. The highest BCUT2D eigenvalue weighted by Gasteiger charge is 2.31. The normalized spacial score (nSPS) is 19.2. The van der Waals surface area contributed by atoms with Crippen LogP contribution in [-0.4, -0.2) is 61.4 Å². The first-order valence-electron chi connectivity index (χ1n) is 10.1. The summed E-state index contributed by atoms with van der Waals surface area (Å²) in [6, 6.07) is 8.39. The average Bonchev–Trinajstić information content (AvgIpc) is 2.75. The number of anilines is 1. The van der Waals surface area contributed by atoms with E-state index < -0.39 is 5.91 Å². The maximum Gasteiger partial charge on any atom is 0.255 e. The standard InChI is InChI=1S/C22H27ClFN3O4/c1-30-21-13-27(8-2-10-31-15-5-3-14(24)4-6-15)9-7-19(21)26-22(29)16-11-17(23)18(25)12-20(16)28/h3-6,11-12,19,21,28H,2,7-10,13,25H2,1H3,(H,26,29). The van der Waals surface area contributed by atoms with Crippen LogP contribution >= 0.6 is 11.6 Å². The number of carbonyl (C=O) groups excluding carboxylic acids is 1. The number of rotatable bonds is 8. The Kier molecular flexibility index (Phi) is 7.95. The lowest BCUT2D eigenvalue weighted by molar-refractivity contribution is 0.00527. The van der Waals surface area contributed by atoms with E-state index in [0.717, 1.165) is 19.5 Å². The second kappa shape index (κ2) is 10.7. The zero-order valence-electron chi connectivity index (χ0n) is 17.3. The predicted molar refractivity (Wildman–Crippen MR) is 117 cm³/mol. The van der Waals surface area contributed by atoms with Gasteiger partial charge < -0.3 is 30.5 Å². The molecule has 2 aromatic carbocycles. The average molecular weight is 452 g/mol. The number of piperidine rings is 1. The van der Waals surface area contributed by atoms with Crippen LogP contribution in [0.3, 0.4) is 0 Å². The number of hydrogen-bond donors (Lipinski definition) is 3. The van der Waals surface area contributed by atoms with Gasteiger partial charge in [0.1, 0.15) is 17.3 Å². The Labute approximate surface area is 185 Å². The highest BCUT2D eigenvalue weighted by molar-refractivity contribution is 6.33. The Bertz CT molecular complexity index is 897. The molecule has 0 radical (unpaired) electrons. The summed E-state index contributed by atoms with van der Waals surface area (Å²) in [4.78, 5) is 14.9. The van der Waals surface area contributed by atoms with Crippen LogP contribution in [0.5, 0.6) is 11.5 Å². The number of ether oxygens (including phenoxy) is 2. The Morgan fingerprint density at radius 2 is 2.10 bits per heavy atom. The van der Waals surface area contributed by atoms with Crippen LogP contribution < -0.4 is 15.8 Å². The zero-order chi connectivity index (χ0) is 22.4. The summed E-state index contributed by atoms with van der Waals surface area (Å²) in [5, 5.41) is 13.2. The third kappa shape index (κ3) is 6.22. The summed E-state index contributed by atoms with van der Waals surface area (Å²) < 4.78 is 24.2. The molecule has 3 rings (SSSR count). The Morgan fingerprint density at radius 3 is 2.81 bits per heavy atom. The largest absolute Gasteiger partial charge is 0.507 e. The van der Waals surface area contributed by atoms with Crippen LogP contribution in [0.2, 0.25) is 5.02 Å². The number of phenolic OH excluding ortho intramolecular Hbond substituents is 1. The molecular weight excluding hydrogens is 425 g/mol. The zero-order valence-corrected chi connectivity index (χ0v) is 18.1. The lowest BCUT2D eigenvalue weighted by Crippen LogP contribution is -2.55. The van der Waals surface area contributed by atoms with Crippen LogP contribution in [0.1, 0.15) is 23.2 Å². The number of methoxy groups -OCH3 is 1. The minimum atomic E-state index is -0.424. The second-order valence-corrected chi connectivity index (χ2v) is 7.90. The number of nitrogens with two attached hydrogens (primary N) is 1. The molecule has 0 aromatic heterocycles. The summed E-state index contributed by atoms with van der Waals surface area (Å²) in [6.07, 6.45) is 1.32. The molecule has 1 amide bonds. The summed E-state index contributed by atoms with van der Waals surface area (Å²) in [7, 11) is 1.61. The maximum absolute atomic E-state index is 12.9. The first-order valence-corrected chi connectivity index (χ1v) is 10.5. The monoisotopic (exact) mass is 451 g/mol. The minimum absolute atomic E-state index is 0.0782. The van der Waals surface area contributed by atoms with E-state index in [-0.39, 0.29) is 40.0 Å². The number of hydrogen-bond acceptors (Lipinski definition) is 6. The molecule has 2 aromatic rings. The quantitative estimate of drug-likeness (QED) is 0.421. The molecular formula is C22H27ClFN3O4. The molecule has 4 N–H and O–H groups in total. The molecule has 2 unspecified atom stereocenters. The number of nitrogen functional groups attached to an aromatic ring is 1. The molecule has 1 fully saturated rings. The summed E-state index contributed by atoms with van der Waals surface area (Å²) >= 11 is 5.98. The fourth-order valence-corrected chi connectivity index (χ4v) is 3.77. The van der Waals surface area contributed by atoms with Crippen molar-refractivity contribution in [3.05, 3.63) is 52.8 Å². The van der Waals surface area contributed by atoms with Crippen LogP contribution in [0, 0.1) is 5.82 Å². The van der Waals surface area contributed by atoms with E-state index in [0.29, 0.717) is 25.3 Å². The highest BCUT2D eigenvalue weighted by Crippen LogP contribution is 2.28. The molecule has 0 saturated carbocycles. The van der Waals surface area contributed by atoms with E-state index in [1.54, 1.807) is 19.2 Å². The van der Waals surface area contributed by atoms with E-state index in [4.69, 9.17) is 26.8 Å². The molecule has 0 bridgehead atoms. The van der Waals surface area contributed by atoms with Gasteiger partial charge in [-0.2, -0.15) is 0 Å². The number of carbonyl (C=O) groups is 1. The van der Waals surface area contributed by atoms with Gasteiger partial charge in [-0.15, -0.1) is 0 Å². The Hall–Kier alpha value is -2.55. The number of aromatic hydroxyl groups is 1. The molecule has 1 saturated heterocycles. The number of phenols is 1. The fraction of sp³-hybridized carbons (Fsp3) is 0.409. The molecule has 31 heavy (non-hydrogen) atoms. The van der Waals surface area contributed by atoms with E-state index in [2.05, 4.69) is 10.2 Å². The number of nitrogens with zero attached hydrogens (tertiary/aromatic N) is 1. The van der Waals surface area contributed by atoms with Crippen LogP contribution in [0.4, 0.5) is 10.1 Å². The van der Waals surface area contributed by atoms with Gasteiger partial charge in [0.15, 0.2) is 0 Å². The molecule has 1 aliphatic heterocycles. The lowest BCUT2D eigenvalue weighted by Gasteiger charge is -2.38. The number of benzene rings is 2. The van der Waals surface area contributed by atoms with Gasteiger partial charge in [-0.25, -0.2) is 4.39 Å². The number of likely N-dealkylation sites (tertiary alicyclic amines) is 1. The van der Waals surface area contributed by atoms with Crippen molar-refractivity contribution < 1.29 is 23.8 Å². The number of amides is 1. The molecule has 168 valence electrons. The molecule has 7 nitrogen and oxygen atoms in total. The van der Waals surface area contributed by atoms with Crippen molar-refractivity contribution in [3.63, 3.8) is 0 Å². The second-order valence-electron chi connectivity index (χ2n) is 7.49. The van der Waals surface area contributed by atoms with Crippen molar-refractivity contribution >= 4 is 23.2 Å². The van der Waals surface area contributed by atoms with E-state index in [9.17, 15) is 14.3 Å². The first kappa shape index (κ1) is 23.1. The van der Waals surface area contributed by atoms with Crippen molar-refractivity contribution in [2.24, 2.45) is 0 Å². The highest BCUT2D eigenvalue weighted by atomic mass is 35.5. The van der Waals surface area contributed by atoms with E-state index in [1.165, 1.54) is 24.3 Å². The van der Waals surface area contributed by atoms with Crippen LogP contribution in [0.15, 0.2) is 36.4 Å². The van der Waals surface area contributed by atoms with Crippen molar-refractivity contribution in [1.29, 1.82) is 0 Å². The minimum Gasteiger partial charge on any atom is -0.507 e. The maximum atomic E-state index is 12.9. The summed E-state index contributed by atoms with van der Waals surface area (Å²) in [5.74, 6) is -0.286. The molecule has 0 spiro atoms. The number of nitrogens with one attached hydrogen (secondary N) is 1. The van der Waals surface area contributed by atoms with Gasteiger partial charge in [-0.3, -0.25) is 4.79 Å². The Balaban J connectivity index is 1.47. The molecule has 1 aliphatic rings. The molecule has 1 heterocycles. The summed E-state index contributed by atoms with van der Waals surface area (Å²) in [5.41, 5.74) is 5.94. The molecule has 2 atom stereocenters. The van der Waals surface area contributed by atoms with Gasteiger partial charge in [0.25, 0.3) is 5.91 Å². The van der Waals surface area contributed by atoms with Crippen molar-refractivity contribution in [2.45, 2.75) is 25.0 Å². The Morgan fingerprint density at radius 1 is 1.35 bits per heavy atom. The number of halogens is 2. The topological polar surface area (TPSA) is 97.1 Å². The van der Waals surface area contributed by atoms with Crippen LogP contribution in [0.25, 0.3) is 0 Å². The van der Waals surface area contributed by atoms with Crippen molar-refractivity contribution in [1.82, 2.24) is 10.2 Å². The fourth-order valence-electron chi connectivity index (χ4n) is 3.60. The SMILES string of the molecule is COC1CN(CCCOc2ccc(F)cc2)CCC1NC(=O)c1cc(Cl)c(N)cc1O. The van der Waals surface area contributed by atoms with E-state index >= 15 is 0 Å². The summed E-state index contributed by atoms with van der Waals surface area (Å²) in [6.45, 7) is 2.79. The van der Waals surface area contributed by atoms with Gasteiger partial charge in [0.05, 0.1) is 35.0 Å². The van der Waals surface area contributed by atoms with Crippen LogP contribution in [-0.2, 0) is 4.74 Å². The lowest BCUT2D eigenvalue weighted by atomic mass is 10.0. The van der Waals surface area contributed by atoms with Gasteiger partial charge in [-0.1, -0.05) is 11.6 Å². The van der Waals surface area contributed by atoms with Gasteiger partial charge in [0, 0.05) is 32.8 Å². The van der Waals surface area contributed by atoms with Crippen molar-refractivity contribution in [2.75, 3.05) is 39.1 Å². The third-order valence-electron chi connectivity index (χ3n) is 5.32.